The van der Waals surface area contributed by atoms with Crippen molar-refractivity contribution in [1.82, 2.24) is 9.78 Å². The van der Waals surface area contributed by atoms with Crippen molar-refractivity contribution in [2.24, 2.45) is 5.92 Å². The molecule has 28 heavy (non-hydrogen) atoms. The van der Waals surface area contributed by atoms with Crippen molar-refractivity contribution in [2.45, 2.75) is 63.0 Å². The van der Waals surface area contributed by atoms with Gasteiger partial charge in [-0.05, 0) is 55.7 Å². The highest BCUT2D eigenvalue weighted by Gasteiger charge is 2.36. The van der Waals surface area contributed by atoms with Crippen LogP contribution in [-0.4, -0.2) is 28.5 Å². The molecule has 2 aromatic rings. The number of nitrogens with zero attached hydrogens (tertiary/aromatic N) is 2. The molecular weight excluding hydrogens is 374 g/mol. The SMILES string of the molecule is O=c1c(Cl)c(NC2CC3CCC2CO3)cnn1-c1ccc(C2CCCC2)cc1. The molecule has 6 heteroatoms. The molecule has 1 aromatic carbocycles. The first-order chi connectivity index (χ1) is 13.7. The van der Waals surface area contributed by atoms with Crippen LogP contribution < -0.4 is 10.9 Å². The third-order valence-corrected chi connectivity index (χ3v) is 7.08. The molecule has 4 aliphatic rings. The minimum absolute atomic E-state index is 0.206. The Balaban J connectivity index is 1.36. The molecule has 3 unspecified atom stereocenters. The molecule has 2 aliphatic heterocycles. The first-order valence-corrected chi connectivity index (χ1v) is 10.8. The van der Waals surface area contributed by atoms with Gasteiger partial charge in [0.25, 0.3) is 5.56 Å². The number of fused-ring (bicyclic) bond motifs is 3. The molecule has 2 bridgehead atoms. The van der Waals surface area contributed by atoms with E-state index in [1.165, 1.54) is 35.9 Å². The molecule has 2 aliphatic carbocycles. The lowest BCUT2D eigenvalue weighted by Gasteiger charge is -2.42. The molecule has 0 amide bonds. The van der Waals surface area contributed by atoms with E-state index in [9.17, 15) is 4.79 Å². The van der Waals surface area contributed by atoms with Crippen LogP contribution in [0.5, 0.6) is 0 Å². The van der Waals surface area contributed by atoms with Crippen LogP contribution in [0, 0.1) is 5.92 Å². The Hall–Kier alpha value is -1.85. The number of hydrogen-bond donors (Lipinski definition) is 1. The second-order valence-corrected chi connectivity index (χ2v) is 8.82. The van der Waals surface area contributed by atoms with E-state index in [4.69, 9.17) is 16.3 Å². The third kappa shape index (κ3) is 3.35. The van der Waals surface area contributed by atoms with Gasteiger partial charge in [-0.15, -0.1) is 0 Å². The Morgan fingerprint density at radius 2 is 1.89 bits per heavy atom. The number of nitrogens with one attached hydrogen (secondary N) is 1. The summed E-state index contributed by atoms with van der Waals surface area (Å²) in [6.07, 6.45) is 10.4. The molecule has 0 radical (unpaired) electrons. The Labute approximate surface area is 170 Å². The van der Waals surface area contributed by atoms with Gasteiger partial charge in [-0.25, -0.2) is 0 Å². The van der Waals surface area contributed by atoms with E-state index in [1.807, 2.05) is 12.1 Å². The molecule has 3 atom stereocenters. The quantitative estimate of drug-likeness (QED) is 0.821. The predicted molar refractivity (Wildman–Crippen MR) is 111 cm³/mol. The minimum Gasteiger partial charge on any atom is -0.379 e. The number of anilines is 1. The van der Waals surface area contributed by atoms with Crippen LogP contribution in [0.3, 0.4) is 0 Å². The van der Waals surface area contributed by atoms with Gasteiger partial charge in [-0.3, -0.25) is 4.79 Å². The molecule has 4 fully saturated rings. The van der Waals surface area contributed by atoms with Crippen LogP contribution in [0.1, 0.15) is 56.4 Å². The molecule has 148 valence electrons. The number of halogens is 1. The van der Waals surface area contributed by atoms with Gasteiger partial charge >= 0.3 is 0 Å². The second-order valence-electron chi connectivity index (χ2n) is 8.44. The van der Waals surface area contributed by atoms with Crippen molar-refractivity contribution >= 4 is 17.3 Å². The zero-order valence-electron chi connectivity index (χ0n) is 15.9. The van der Waals surface area contributed by atoms with Gasteiger partial charge in [0.05, 0.1) is 30.3 Å². The van der Waals surface area contributed by atoms with Crippen LogP contribution in [0.4, 0.5) is 5.69 Å². The van der Waals surface area contributed by atoms with Gasteiger partial charge in [-0.1, -0.05) is 36.6 Å². The number of benzene rings is 1. The van der Waals surface area contributed by atoms with E-state index in [1.54, 1.807) is 6.20 Å². The minimum atomic E-state index is -0.280. The van der Waals surface area contributed by atoms with E-state index in [-0.39, 0.29) is 10.6 Å². The molecule has 3 heterocycles. The summed E-state index contributed by atoms with van der Waals surface area (Å²) in [5.74, 6) is 1.13. The van der Waals surface area contributed by atoms with Crippen molar-refractivity contribution in [3.63, 3.8) is 0 Å². The van der Waals surface area contributed by atoms with Gasteiger partial charge in [0.1, 0.15) is 5.02 Å². The first-order valence-electron chi connectivity index (χ1n) is 10.5. The monoisotopic (exact) mass is 399 g/mol. The molecule has 5 nitrogen and oxygen atoms in total. The molecule has 1 aromatic heterocycles. The Kier molecular flexibility index (Phi) is 4.89. The molecule has 0 spiro atoms. The highest BCUT2D eigenvalue weighted by Crippen LogP contribution is 2.36. The summed E-state index contributed by atoms with van der Waals surface area (Å²) < 4.78 is 7.16. The summed E-state index contributed by atoms with van der Waals surface area (Å²) in [5, 5.41) is 8.05. The number of aromatic nitrogens is 2. The van der Waals surface area contributed by atoms with E-state index < -0.39 is 0 Å². The standard InChI is InChI=1S/C22H26ClN3O2/c23-21-20(25-19-11-18-10-7-16(19)13-28-18)12-24-26(22(21)27)17-8-5-15(6-9-17)14-3-1-2-4-14/h5-6,8-9,12,14,16,18-19,25H,1-4,7,10-11,13H2. The van der Waals surface area contributed by atoms with Gasteiger partial charge in [-0.2, -0.15) is 9.78 Å². The summed E-state index contributed by atoms with van der Waals surface area (Å²) in [4.78, 5) is 12.8. The fourth-order valence-electron chi connectivity index (χ4n) is 5.05. The normalized spacial score (nSPS) is 27.2. The summed E-state index contributed by atoms with van der Waals surface area (Å²) in [7, 11) is 0. The van der Waals surface area contributed by atoms with Crippen LogP contribution in [0.2, 0.25) is 5.02 Å². The predicted octanol–water partition coefficient (Wildman–Crippen LogP) is 4.52. The topological polar surface area (TPSA) is 56.1 Å². The fourth-order valence-corrected chi connectivity index (χ4v) is 5.23. The maximum atomic E-state index is 12.8. The van der Waals surface area contributed by atoms with Crippen LogP contribution in [-0.2, 0) is 4.74 Å². The maximum absolute atomic E-state index is 12.8. The van der Waals surface area contributed by atoms with Crippen molar-refractivity contribution in [1.29, 1.82) is 0 Å². The van der Waals surface area contributed by atoms with Crippen molar-refractivity contribution < 1.29 is 4.74 Å². The van der Waals surface area contributed by atoms with Crippen molar-refractivity contribution in [2.75, 3.05) is 11.9 Å². The largest absolute Gasteiger partial charge is 0.379 e. The molecule has 6 rings (SSSR count). The highest BCUT2D eigenvalue weighted by molar-refractivity contribution is 6.33. The third-order valence-electron chi connectivity index (χ3n) is 6.72. The van der Waals surface area contributed by atoms with E-state index >= 15 is 0 Å². The summed E-state index contributed by atoms with van der Waals surface area (Å²) in [6, 6.07) is 8.50. The Morgan fingerprint density at radius 3 is 2.54 bits per heavy atom. The van der Waals surface area contributed by atoms with Crippen molar-refractivity contribution in [3.8, 4) is 5.69 Å². The zero-order valence-corrected chi connectivity index (χ0v) is 16.7. The van der Waals surface area contributed by atoms with E-state index in [0.717, 1.165) is 31.6 Å². The van der Waals surface area contributed by atoms with E-state index in [0.29, 0.717) is 29.7 Å². The Morgan fingerprint density at radius 1 is 1.11 bits per heavy atom. The number of rotatable bonds is 4. The van der Waals surface area contributed by atoms with Crippen molar-refractivity contribution in [3.05, 3.63) is 51.4 Å². The lowest BCUT2D eigenvalue weighted by Crippen LogP contribution is -2.46. The lowest BCUT2D eigenvalue weighted by molar-refractivity contribution is -0.0677. The van der Waals surface area contributed by atoms with Crippen LogP contribution >= 0.6 is 11.6 Å². The maximum Gasteiger partial charge on any atom is 0.292 e. The number of ether oxygens (including phenoxy) is 1. The van der Waals surface area contributed by atoms with Crippen LogP contribution in [0.15, 0.2) is 35.3 Å². The molecule has 2 saturated carbocycles. The summed E-state index contributed by atoms with van der Waals surface area (Å²) in [6.45, 7) is 0.789. The van der Waals surface area contributed by atoms with Crippen LogP contribution in [0.25, 0.3) is 5.69 Å². The van der Waals surface area contributed by atoms with Gasteiger partial charge in [0.15, 0.2) is 0 Å². The number of hydrogen-bond acceptors (Lipinski definition) is 4. The molecule has 2 saturated heterocycles. The first kappa shape index (κ1) is 18.2. The zero-order chi connectivity index (χ0) is 19.1. The average molecular weight is 400 g/mol. The van der Waals surface area contributed by atoms with Gasteiger partial charge in [0, 0.05) is 12.0 Å². The van der Waals surface area contributed by atoms with Gasteiger partial charge < -0.3 is 10.1 Å². The van der Waals surface area contributed by atoms with Gasteiger partial charge in [0.2, 0.25) is 0 Å². The lowest BCUT2D eigenvalue weighted by atomic mass is 9.80. The summed E-state index contributed by atoms with van der Waals surface area (Å²) >= 11 is 6.44. The highest BCUT2D eigenvalue weighted by atomic mass is 35.5. The summed E-state index contributed by atoms with van der Waals surface area (Å²) in [5.41, 5.74) is 2.46. The smallest absolute Gasteiger partial charge is 0.292 e. The molecule has 1 N–H and O–H groups in total. The fraction of sp³-hybridized carbons (Fsp3) is 0.545. The average Bonchev–Trinajstić information content (AvgIpc) is 3.28. The van der Waals surface area contributed by atoms with E-state index in [2.05, 4.69) is 22.5 Å². The second kappa shape index (κ2) is 7.53. The Bertz CT molecular complexity index is 897. The molecular formula is C22H26ClN3O2.